The summed E-state index contributed by atoms with van der Waals surface area (Å²) in [6.45, 7) is 4.56. The summed E-state index contributed by atoms with van der Waals surface area (Å²) < 4.78 is 23.8. The van der Waals surface area contributed by atoms with E-state index >= 15 is 0 Å². The van der Waals surface area contributed by atoms with Crippen LogP contribution in [0.15, 0.2) is 24.4 Å². The Morgan fingerprint density at radius 2 is 1.97 bits per heavy atom. The Hall–Kier alpha value is -2.85. The maximum Gasteiger partial charge on any atom is 0.264 e. The molecule has 0 fully saturated rings. The lowest BCUT2D eigenvalue weighted by Crippen LogP contribution is -2.49. The summed E-state index contributed by atoms with van der Waals surface area (Å²) in [7, 11) is -3.77. The summed E-state index contributed by atoms with van der Waals surface area (Å²) in [6.07, 6.45) is 2.61. The number of carbonyl (C=O) groups excluding carboxylic acids is 1. The second-order valence-electron chi connectivity index (χ2n) is 7.42. The average molecular weight is 417 g/mol. The molecule has 3 N–H and O–H groups in total. The van der Waals surface area contributed by atoms with Crippen molar-refractivity contribution in [2.75, 3.05) is 6.26 Å². The van der Waals surface area contributed by atoms with Crippen LogP contribution < -0.4 is 5.48 Å². The third kappa shape index (κ3) is 5.58. The predicted octanol–water partition coefficient (Wildman–Crippen LogP) is 0.861. The minimum Gasteiger partial charge on any atom is -0.378 e. The highest BCUT2D eigenvalue weighted by atomic mass is 32.2. The first-order valence-electron chi connectivity index (χ1n) is 8.73. The van der Waals surface area contributed by atoms with Crippen LogP contribution in [0.3, 0.4) is 0 Å². The van der Waals surface area contributed by atoms with E-state index in [9.17, 15) is 18.3 Å². The van der Waals surface area contributed by atoms with E-state index in [0.29, 0.717) is 11.1 Å². The fourth-order valence-corrected chi connectivity index (χ4v) is 3.31. The molecule has 2 rings (SSSR count). The zero-order chi connectivity index (χ0) is 21.9. The molecule has 0 radical (unpaired) electrons. The highest BCUT2D eigenvalue weighted by Crippen LogP contribution is 2.23. The monoisotopic (exact) mass is 417 g/mol. The normalized spacial score (nSPS) is 13.6. The lowest BCUT2D eigenvalue weighted by atomic mass is 10.1. The highest BCUT2D eigenvalue weighted by molar-refractivity contribution is 7.92. The molecule has 154 valence electrons. The molecule has 0 spiro atoms. The molecule has 2 aromatic rings. The smallest absolute Gasteiger partial charge is 0.264 e. The van der Waals surface area contributed by atoms with Gasteiger partial charge in [-0.3, -0.25) is 14.7 Å². The first kappa shape index (κ1) is 22.4. The Bertz CT molecular complexity index is 1150. The molecule has 1 atom stereocenters. The van der Waals surface area contributed by atoms with E-state index in [-0.39, 0.29) is 13.0 Å². The zero-order valence-electron chi connectivity index (χ0n) is 16.6. The molecule has 0 saturated carbocycles. The van der Waals surface area contributed by atoms with Gasteiger partial charge in [-0.25, -0.2) is 13.9 Å². The topological polar surface area (TPSA) is 122 Å². The molecule has 0 bridgehead atoms. The number of aliphatic hydroxyl groups is 1. The quantitative estimate of drug-likeness (QED) is 0.377. The molecular formula is C20H23N3O5S. The molecule has 1 amide bonds. The molecule has 1 aromatic heterocycles. The van der Waals surface area contributed by atoms with E-state index < -0.39 is 26.1 Å². The molecule has 1 heterocycles. The van der Waals surface area contributed by atoms with E-state index in [2.05, 4.69) is 28.8 Å². The van der Waals surface area contributed by atoms with E-state index in [1.807, 2.05) is 6.07 Å². The Labute approximate surface area is 169 Å². The zero-order valence-corrected chi connectivity index (χ0v) is 17.5. The number of hydroxylamine groups is 1. The van der Waals surface area contributed by atoms with Crippen molar-refractivity contribution in [3.05, 3.63) is 30.0 Å². The fourth-order valence-electron chi connectivity index (χ4n) is 2.47. The minimum absolute atomic E-state index is 0.0641. The van der Waals surface area contributed by atoms with Gasteiger partial charge < -0.3 is 5.11 Å². The van der Waals surface area contributed by atoms with Crippen LogP contribution in [0.5, 0.6) is 0 Å². The second-order valence-corrected chi connectivity index (χ2v) is 9.86. The van der Waals surface area contributed by atoms with Gasteiger partial charge in [-0.2, -0.15) is 5.10 Å². The summed E-state index contributed by atoms with van der Waals surface area (Å²) in [4.78, 5) is 11.9. The highest BCUT2D eigenvalue weighted by Gasteiger charge is 2.43. The van der Waals surface area contributed by atoms with Crippen molar-refractivity contribution in [2.45, 2.75) is 44.1 Å². The van der Waals surface area contributed by atoms with Crippen LogP contribution in [0.2, 0.25) is 0 Å². The summed E-state index contributed by atoms with van der Waals surface area (Å²) in [5.41, 5.74) is 1.72. The van der Waals surface area contributed by atoms with E-state index in [1.54, 1.807) is 36.9 Å². The van der Waals surface area contributed by atoms with Gasteiger partial charge in [0.25, 0.3) is 5.91 Å². The maximum atomic E-state index is 12.0. The van der Waals surface area contributed by atoms with Crippen LogP contribution in [-0.2, 0) is 21.2 Å². The van der Waals surface area contributed by atoms with Crippen LogP contribution in [-0.4, -0.2) is 51.0 Å². The number of nitrogens with one attached hydrogen (secondary N) is 1. The van der Waals surface area contributed by atoms with Crippen LogP contribution in [0.25, 0.3) is 10.9 Å². The first-order chi connectivity index (χ1) is 13.4. The number of sulfone groups is 1. The fraction of sp³-hybridized carbons (Fsp3) is 0.400. The number of hydrogen-bond acceptors (Lipinski definition) is 6. The number of carbonyl (C=O) groups is 1. The van der Waals surface area contributed by atoms with Gasteiger partial charge in [-0.05, 0) is 57.2 Å². The van der Waals surface area contributed by atoms with Crippen molar-refractivity contribution in [3.8, 4) is 23.7 Å². The number of benzene rings is 1. The van der Waals surface area contributed by atoms with E-state index in [1.165, 1.54) is 12.4 Å². The number of nitrogens with zero attached hydrogens (tertiary/aromatic N) is 2. The molecule has 0 aliphatic heterocycles. The van der Waals surface area contributed by atoms with Crippen LogP contribution in [0, 0.1) is 23.7 Å². The van der Waals surface area contributed by atoms with Crippen molar-refractivity contribution in [3.63, 3.8) is 0 Å². The van der Waals surface area contributed by atoms with Crippen LogP contribution in [0.1, 0.15) is 32.8 Å². The van der Waals surface area contributed by atoms with Gasteiger partial charge in [0.2, 0.25) is 0 Å². The van der Waals surface area contributed by atoms with E-state index in [4.69, 9.17) is 5.21 Å². The van der Waals surface area contributed by atoms with Crippen molar-refractivity contribution >= 4 is 26.6 Å². The van der Waals surface area contributed by atoms with Gasteiger partial charge in [-0.1, -0.05) is 11.8 Å². The summed E-state index contributed by atoms with van der Waals surface area (Å²) >= 11 is 0. The Kier molecular flexibility index (Phi) is 6.39. The van der Waals surface area contributed by atoms with Crippen LogP contribution >= 0.6 is 0 Å². The standard InChI is InChI=1S/C20H23N3O5S/c1-19(2,25)10-6-5-7-15-8-9-17-16(13-15)14-23(21-17)12-11-20(3,18(24)22-26)29(4,27)28/h8-9,13-14,25-26H,11-12H2,1-4H3,(H,22,24). The number of aryl methyl sites for hydroxylation is 1. The van der Waals surface area contributed by atoms with Crippen molar-refractivity contribution < 1.29 is 23.5 Å². The van der Waals surface area contributed by atoms with Gasteiger partial charge in [-0.15, -0.1) is 0 Å². The molecule has 1 aromatic carbocycles. The number of fused-ring (bicyclic) bond motifs is 1. The summed E-state index contributed by atoms with van der Waals surface area (Å²) in [6, 6.07) is 5.36. The van der Waals surface area contributed by atoms with E-state index in [0.717, 1.165) is 11.6 Å². The number of rotatable bonds is 5. The van der Waals surface area contributed by atoms with Gasteiger partial charge in [0.15, 0.2) is 14.6 Å². The number of aromatic nitrogens is 2. The Balaban J connectivity index is 2.23. The number of amides is 1. The largest absolute Gasteiger partial charge is 0.378 e. The molecule has 0 aliphatic rings. The van der Waals surface area contributed by atoms with Crippen molar-refractivity contribution in [1.82, 2.24) is 15.3 Å². The molecule has 9 heteroatoms. The van der Waals surface area contributed by atoms with Crippen LogP contribution in [0.4, 0.5) is 0 Å². The molecule has 0 aliphatic carbocycles. The maximum absolute atomic E-state index is 12.0. The number of hydrogen-bond donors (Lipinski definition) is 3. The van der Waals surface area contributed by atoms with Gasteiger partial charge >= 0.3 is 0 Å². The lowest BCUT2D eigenvalue weighted by molar-refractivity contribution is -0.131. The Morgan fingerprint density at radius 3 is 2.55 bits per heavy atom. The van der Waals surface area contributed by atoms with Gasteiger partial charge in [0.05, 0.1) is 5.52 Å². The van der Waals surface area contributed by atoms with Crippen molar-refractivity contribution in [2.24, 2.45) is 0 Å². The first-order valence-corrected chi connectivity index (χ1v) is 10.6. The van der Waals surface area contributed by atoms with Crippen molar-refractivity contribution in [1.29, 1.82) is 0 Å². The second kappa shape index (κ2) is 8.26. The predicted molar refractivity (Wildman–Crippen MR) is 108 cm³/mol. The molecule has 8 nitrogen and oxygen atoms in total. The SMILES string of the molecule is CC(C)(O)C#CC#Cc1ccc2nn(CCC(C)(C(=O)NO)S(C)(=O)=O)cc2c1. The van der Waals surface area contributed by atoms with Gasteiger partial charge in [0.1, 0.15) is 5.60 Å². The molecule has 0 saturated heterocycles. The minimum atomic E-state index is -3.77. The molecule has 1 unspecified atom stereocenters. The molecule has 29 heavy (non-hydrogen) atoms. The lowest BCUT2D eigenvalue weighted by Gasteiger charge is -2.24. The average Bonchev–Trinajstić information content (AvgIpc) is 3.03. The Morgan fingerprint density at radius 1 is 1.28 bits per heavy atom. The summed E-state index contributed by atoms with van der Waals surface area (Å²) in [5, 5.41) is 23.6. The third-order valence-electron chi connectivity index (χ3n) is 4.41. The third-order valence-corrected chi connectivity index (χ3v) is 6.43. The van der Waals surface area contributed by atoms with Gasteiger partial charge in [0, 0.05) is 29.9 Å². The summed E-state index contributed by atoms with van der Waals surface area (Å²) in [5.74, 6) is 9.78. The molecular weight excluding hydrogens is 394 g/mol.